The van der Waals surface area contributed by atoms with E-state index in [9.17, 15) is 17.6 Å². The van der Waals surface area contributed by atoms with Crippen molar-refractivity contribution in [3.63, 3.8) is 0 Å². The second-order valence-electron chi connectivity index (χ2n) is 4.48. The van der Waals surface area contributed by atoms with Crippen LogP contribution in [0.4, 0.5) is 10.1 Å². The summed E-state index contributed by atoms with van der Waals surface area (Å²) >= 11 is 5.72. The van der Waals surface area contributed by atoms with Crippen molar-refractivity contribution >= 4 is 39.1 Å². The van der Waals surface area contributed by atoms with E-state index in [0.717, 1.165) is 22.7 Å². The van der Waals surface area contributed by atoms with Crippen molar-refractivity contribution < 1.29 is 22.7 Å². The molecular weight excluding hydrogens is 365 g/mol. The Balaban J connectivity index is 2.07. The van der Waals surface area contributed by atoms with E-state index in [2.05, 4.69) is 15.1 Å². The molecule has 0 atom stereocenters. The first-order chi connectivity index (χ1) is 11.3. The molecule has 1 aromatic carbocycles. The Morgan fingerprint density at radius 2 is 2.12 bits per heavy atom. The van der Waals surface area contributed by atoms with Crippen LogP contribution in [0.1, 0.15) is 10.4 Å². The summed E-state index contributed by atoms with van der Waals surface area (Å²) in [4.78, 5) is 18.6. The zero-order chi connectivity index (χ0) is 17.5. The number of aromatic nitrogens is 4. The van der Waals surface area contributed by atoms with Gasteiger partial charge in [-0.05, 0) is 12.1 Å². The number of carbonyl (C=O) groups is 1. The number of nitrogens with one attached hydrogen (secondary N) is 1. The number of rotatable bonds is 4. The van der Waals surface area contributed by atoms with Gasteiger partial charge in [-0.3, -0.25) is 4.72 Å². The number of benzene rings is 1. The first-order valence-corrected chi connectivity index (χ1v) is 8.06. The maximum absolute atomic E-state index is 13.8. The van der Waals surface area contributed by atoms with E-state index in [0.29, 0.717) is 0 Å². The molecule has 124 valence electrons. The average Bonchev–Trinajstić information content (AvgIpc) is 2.92. The lowest BCUT2D eigenvalue weighted by molar-refractivity contribution is 0.0697. The molecule has 0 aliphatic rings. The quantitative estimate of drug-likeness (QED) is 0.709. The van der Waals surface area contributed by atoms with Crippen LogP contribution in [0, 0.1) is 5.82 Å². The first kappa shape index (κ1) is 16.1. The molecule has 0 fully saturated rings. The molecule has 2 aromatic heterocycles. The Morgan fingerprint density at radius 1 is 1.38 bits per heavy atom. The van der Waals surface area contributed by atoms with Crippen molar-refractivity contribution in [1.29, 1.82) is 0 Å². The van der Waals surface area contributed by atoms with E-state index in [1.54, 1.807) is 0 Å². The third-order valence-electron chi connectivity index (χ3n) is 2.86. The molecule has 0 amide bonds. The summed E-state index contributed by atoms with van der Waals surface area (Å²) in [6.07, 6.45) is 2.52. The number of aromatic carboxylic acids is 1. The molecule has 2 heterocycles. The molecule has 0 radical (unpaired) electrons. The van der Waals surface area contributed by atoms with Crippen LogP contribution < -0.4 is 4.72 Å². The Hall–Kier alpha value is -2.79. The van der Waals surface area contributed by atoms with Crippen molar-refractivity contribution in [2.24, 2.45) is 0 Å². The standard InChI is InChI=1S/C12H7ClFN5O4S/c13-6-4-15-11-16-12(17-19(11)5-6)24(22,23)18-9-7(10(20)21)2-1-3-8(9)14/h1-5,18H,(H,20,21). The molecule has 0 spiro atoms. The Labute approximate surface area is 138 Å². The molecule has 3 rings (SSSR count). The predicted molar refractivity (Wildman–Crippen MR) is 80.0 cm³/mol. The summed E-state index contributed by atoms with van der Waals surface area (Å²) in [7, 11) is -4.45. The Bertz CT molecular complexity index is 1070. The minimum absolute atomic E-state index is 0.0493. The smallest absolute Gasteiger partial charge is 0.337 e. The number of para-hydroxylation sites is 1. The number of sulfonamides is 1. The number of nitrogens with zero attached hydrogens (tertiary/aromatic N) is 4. The Kier molecular flexibility index (Phi) is 3.81. The topological polar surface area (TPSA) is 127 Å². The number of halogens is 2. The highest BCUT2D eigenvalue weighted by molar-refractivity contribution is 7.92. The maximum atomic E-state index is 13.8. The van der Waals surface area contributed by atoms with Gasteiger partial charge < -0.3 is 5.11 Å². The van der Waals surface area contributed by atoms with Gasteiger partial charge in [0.15, 0.2) is 0 Å². The van der Waals surface area contributed by atoms with E-state index in [1.165, 1.54) is 12.4 Å². The summed E-state index contributed by atoms with van der Waals surface area (Å²) in [5, 5.41) is 12.2. The van der Waals surface area contributed by atoms with Crippen LogP contribution in [0.2, 0.25) is 5.02 Å². The Morgan fingerprint density at radius 3 is 2.83 bits per heavy atom. The normalized spacial score (nSPS) is 11.6. The van der Waals surface area contributed by atoms with E-state index >= 15 is 0 Å². The van der Waals surface area contributed by atoms with E-state index in [4.69, 9.17) is 16.7 Å². The second kappa shape index (κ2) is 5.69. The molecule has 2 N–H and O–H groups in total. The third kappa shape index (κ3) is 2.86. The summed E-state index contributed by atoms with van der Waals surface area (Å²) in [6.45, 7) is 0. The third-order valence-corrected chi connectivity index (χ3v) is 4.19. The minimum Gasteiger partial charge on any atom is -0.478 e. The van der Waals surface area contributed by atoms with Gasteiger partial charge in [-0.2, -0.15) is 13.4 Å². The van der Waals surface area contributed by atoms with Crippen LogP contribution in [0.5, 0.6) is 0 Å². The lowest BCUT2D eigenvalue weighted by atomic mass is 10.2. The SMILES string of the molecule is O=C(O)c1cccc(F)c1NS(=O)(=O)c1nc2ncc(Cl)cn2n1. The van der Waals surface area contributed by atoms with Crippen LogP contribution in [0.3, 0.4) is 0 Å². The number of anilines is 1. The van der Waals surface area contributed by atoms with Crippen molar-refractivity contribution in [2.75, 3.05) is 4.72 Å². The fourth-order valence-corrected chi connectivity index (χ4v) is 2.95. The van der Waals surface area contributed by atoms with Crippen LogP contribution in [-0.2, 0) is 10.0 Å². The van der Waals surface area contributed by atoms with Gasteiger partial charge >= 0.3 is 5.97 Å². The summed E-state index contributed by atoms with van der Waals surface area (Å²) < 4.78 is 41.3. The molecule has 0 saturated carbocycles. The number of hydrogen-bond donors (Lipinski definition) is 2. The molecule has 0 aliphatic carbocycles. The van der Waals surface area contributed by atoms with Crippen LogP contribution in [0.15, 0.2) is 35.7 Å². The lowest BCUT2D eigenvalue weighted by Gasteiger charge is -2.09. The fourth-order valence-electron chi connectivity index (χ4n) is 1.84. The minimum atomic E-state index is -4.45. The van der Waals surface area contributed by atoms with Crippen molar-refractivity contribution in [3.8, 4) is 0 Å². The van der Waals surface area contributed by atoms with Gasteiger partial charge in [-0.15, -0.1) is 5.10 Å². The largest absolute Gasteiger partial charge is 0.478 e. The lowest BCUT2D eigenvalue weighted by Crippen LogP contribution is -2.18. The van der Waals surface area contributed by atoms with Gasteiger partial charge in [0.2, 0.25) is 0 Å². The predicted octanol–water partition coefficient (Wildman–Crippen LogP) is 1.42. The highest BCUT2D eigenvalue weighted by atomic mass is 35.5. The maximum Gasteiger partial charge on any atom is 0.337 e. The van der Waals surface area contributed by atoms with Gasteiger partial charge in [0.05, 0.1) is 28.7 Å². The summed E-state index contributed by atoms with van der Waals surface area (Å²) in [6, 6.07) is 3.12. The van der Waals surface area contributed by atoms with Gasteiger partial charge in [0, 0.05) is 0 Å². The van der Waals surface area contributed by atoms with Crippen LogP contribution in [0.25, 0.3) is 5.78 Å². The number of carboxylic acid groups (broad SMARTS) is 1. The molecule has 0 aliphatic heterocycles. The van der Waals surface area contributed by atoms with Gasteiger partial charge in [-0.1, -0.05) is 17.7 Å². The molecule has 24 heavy (non-hydrogen) atoms. The van der Waals surface area contributed by atoms with Crippen LogP contribution >= 0.6 is 11.6 Å². The monoisotopic (exact) mass is 371 g/mol. The zero-order valence-electron chi connectivity index (χ0n) is 11.5. The molecule has 3 aromatic rings. The fraction of sp³-hybridized carbons (Fsp3) is 0. The second-order valence-corrected chi connectivity index (χ2v) is 6.50. The molecule has 12 heteroatoms. The number of carboxylic acids is 1. The van der Waals surface area contributed by atoms with E-state index < -0.39 is 38.2 Å². The molecule has 0 unspecified atom stereocenters. The van der Waals surface area contributed by atoms with E-state index in [1.807, 2.05) is 4.72 Å². The van der Waals surface area contributed by atoms with Gasteiger partial charge in [0.1, 0.15) is 5.82 Å². The highest BCUT2D eigenvalue weighted by Crippen LogP contribution is 2.23. The van der Waals surface area contributed by atoms with Gasteiger partial charge in [-0.25, -0.2) is 18.7 Å². The molecule has 0 saturated heterocycles. The van der Waals surface area contributed by atoms with Crippen molar-refractivity contribution in [3.05, 3.63) is 47.0 Å². The first-order valence-electron chi connectivity index (χ1n) is 6.20. The molecular formula is C12H7ClFN5O4S. The zero-order valence-corrected chi connectivity index (χ0v) is 13.1. The number of hydrogen-bond acceptors (Lipinski definition) is 6. The summed E-state index contributed by atoms with van der Waals surface area (Å²) in [5.41, 5.74) is -1.27. The van der Waals surface area contributed by atoms with Crippen LogP contribution in [-0.4, -0.2) is 39.1 Å². The van der Waals surface area contributed by atoms with Crippen molar-refractivity contribution in [2.45, 2.75) is 5.16 Å². The van der Waals surface area contributed by atoms with Crippen molar-refractivity contribution in [1.82, 2.24) is 19.6 Å². The number of fused-ring (bicyclic) bond motifs is 1. The highest BCUT2D eigenvalue weighted by Gasteiger charge is 2.25. The summed E-state index contributed by atoms with van der Waals surface area (Å²) in [5.74, 6) is -2.60. The molecule has 9 nitrogen and oxygen atoms in total. The molecule has 0 bridgehead atoms. The average molecular weight is 372 g/mol. The van der Waals surface area contributed by atoms with Gasteiger partial charge in [0.25, 0.3) is 21.0 Å². The van der Waals surface area contributed by atoms with E-state index in [-0.39, 0.29) is 10.8 Å².